The van der Waals surface area contributed by atoms with Gasteiger partial charge < -0.3 is 19.6 Å². The van der Waals surface area contributed by atoms with Crippen LogP contribution in [0, 0.1) is 11.7 Å². The zero-order valence-electron chi connectivity index (χ0n) is 14.2. The molecule has 2 fully saturated rings. The quantitative estimate of drug-likeness (QED) is 0.908. The maximum atomic E-state index is 14.0. The lowest BCUT2D eigenvalue weighted by Crippen LogP contribution is -2.50. The molecule has 1 aromatic carbocycles. The SMILES string of the molecule is COC1CN(C(=O)C2CCN(c3ccccc3F)C2)C(C)(CO)C1. The Morgan fingerprint density at radius 1 is 1.42 bits per heavy atom. The van der Waals surface area contributed by atoms with Gasteiger partial charge in [0.2, 0.25) is 5.91 Å². The molecule has 2 heterocycles. The minimum atomic E-state index is -0.580. The van der Waals surface area contributed by atoms with Gasteiger partial charge in [-0.25, -0.2) is 4.39 Å². The summed E-state index contributed by atoms with van der Waals surface area (Å²) in [6.45, 7) is 3.49. The first-order chi connectivity index (χ1) is 11.5. The number of halogens is 1. The topological polar surface area (TPSA) is 53.0 Å². The highest BCUT2D eigenvalue weighted by atomic mass is 19.1. The van der Waals surface area contributed by atoms with Crippen LogP contribution in [0.1, 0.15) is 19.8 Å². The van der Waals surface area contributed by atoms with E-state index in [0.717, 1.165) is 0 Å². The van der Waals surface area contributed by atoms with Gasteiger partial charge in [0.05, 0.1) is 29.9 Å². The Morgan fingerprint density at radius 2 is 2.17 bits per heavy atom. The van der Waals surface area contributed by atoms with Crippen LogP contribution in [-0.4, -0.2) is 60.9 Å². The standard InChI is InChI=1S/C18H25FN2O3/c1-18(12-22)9-14(24-2)11-21(18)17(23)13-7-8-20(10-13)16-6-4-3-5-15(16)19/h3-6,13-14,22H,7-12H2,1-2H3. The van der Waals surface area contributed by atoms with Crippen molar-refractivity contribution in [2.75, 3.05) is 38.3 Å². The third kappa shape index (κ3) is 3.00. The number of para-hydroxylation sites is 1. The van der Waals surface area contributed by atoms with Crippen LogP contribution in [0.3, 0.4) is 0 Å². The Bertz CT molecular complexity index is 612. The fourth-order valence-electron chi connectivity index (χ4n) is 3.86. The first kappa shape index (κ1) is 17.2. The second-order valence-electron chi connectivity index (χ2n) is 7.05. The van der Waals surface area contributed by atoms with Crippen LogP contribution in [0.15, 0.2) is 24.3 Å². The first-order valence-corrected chi connectivity index (χ1v) is 8.43. The number of benzene rings is 1. The summed E-state index contributed by atoms with van der Waals surface area (Å²) in [6, 6.07) is 6.66. The van der Waals surface area contributed by atoms with E-state index in [1.165, 1.54) is 6.07 Å². The van der Waals surface area contributed by atoms with E-state index in [1.807, 2.05) is 11.8 Å². The van der Waals surface area contributed by atoms with E-state index in [1.54, 1.807) is 30.2 Å². The monoisotopic (exact) mass is 336 g/mol. The number of rotatable bonds is 4. The fraction of sp³-hybridized carbons (Fsp3) is 0.611. The smallest absolute Gasteiger partial charge is 0.228 e. The van der Waals surface area contributed by atoms with Gasteiger partial charge >= 0.3 is 0 Å². The zero-order valence-corrected chi connectivity index (χ0v) is 14.2. The number of likely N-dealkylation sites (tertiary alicyclic amines) is 1. The van der Waals surface area contributed by atoms with E-state index in [2.05, 4.69) is 0 Å². The van der Waals surface area contributed by atoms with Gasteiger partial charge in [-0.05, 0) is 25.5 Å². The number of aliphatic hydroxyl groups is 1. The van der Waals surface area contributed by atoms with Crippen LogP contribution in [0.2, 0.25) is 0 Å². The summed E-state index contributed by atoms with van der Waals surface area (Å²) in [5.41, 5.74) is -0.0303. The molecule has 2 aliphatic rings. The average molecular weight is 336 g/mol. The molecule has 6 heteroatoms. The number of carbonyl (C=O) groups is 1. The molecule has 0 aliphatic carbocycles. The lowest BCUT2D eigenvalue weighted by atomic mass is 9.97. The molecule has 0 saturated carbocycles. The predicted molar refractivity (Wildman–Crippen MR) is 89.3 cm³/mol. The number of ether oxygens (including phenoxy) is 1. The number of hydrogen-bond donors (Lipinski definition) is 1. The zero-order chi connectivity index (χ0) is 17.3. The van der Waals surface area contributed by atoms with Crippen LogP contribution in [0.4, 0.5) is 10.1 Å². The summed E-state index contributed by atoms with van der Waals surface area (Å²) in [6.07, 6.45) is 1.29. The van der Waals surface area contributed by atoms with Crippen molar-refractivity contribution in [3.8, 4) is 0 Å². The molecule has 24 heavy (non-hydrogen) atoms. The number of amides is 1. The summed E-state index contributed by atoms with van der Waals surface area (Å²) in [5.74, 6) is -0.401. The predicted octanol–water partition coefficient (Wildman–Crippen LogP) is 1.65. The molecule has 3 atom stereocenters. The van der Waals surface area contributed by atoms with Crippen molar-refractivity contribution in [3.63, 3.8) is 0 Å². The molecule has 0 bridgehead atoms. The van der Waals surface area contributed by atoms with Crippen LogP contribution >= 0.6 is 0 Å². The molecular formula is C18H25FN2O3. The Hall–Kier alpha value is -1.66. The average Bonchev–Trinajstić information content (AvgIpc) is 3.20. The largest absolute Gasteiger partial charge is 0.394 e. The molecular weight excluding hydrogens is 311 g/mol. The molecule has 5 nitrogen and oxygen atoms in total. The second kappa shape index (κ2) is 6.69. The molecule has 132 valence electrons. The molecule has 2 aliphatic heterocycles. The maximum Gasteiger partial charge on any atom is 0.228 e. The van der Waals surface area contributed by atoms with Gasteiger partial charge in [0, 0.05) is 33.2 Å². The van der Waals surface area contributed by atoms with Crippen LogP contribution in [0.25, 0.3) is 0 Å². The van der Waals surface area contributed by atoms with Crippen LogP contribution < -0.4 is 4.90 Å². The highest BCUT2D eigenvalue weighted by Gasteiger charge is 2.47. The van der Waals surface area contributed by atoms with Gasteiger partial charge in [-0.15, -0.1) is 0 Å². The molecule has 0 aromatic heterocycles. The van der Waals surface area contributed by atoms with E-state index < -0.39 is 5.54 Å². The molecule has 1 amide bonds. The van der Waals surface area contributed by atoms with Crippen molar-refractivity contribution in [3.05, 3.63) is 30.1 Å². The number of anilines is 1. The van der Waals surface area contributed by atoms with Crippen molar-refractivity contribution < 1.29 is 19.0 Å². The van der Waals surface area contributed by atoms with Gasteiger partial charge in [0.25, 0.3) is 0 Å². The molecule has 0 radical (unpaired) electrons. The molecule has 0 spiro atoms. The lowest BCUT2D eigenvalue weighted by Gasteiger charge is -2.35. The van der Waals surface area contributed by atoms with E-state index in [-0.39, 0.29) is 30.4 Å². The second-order valence-corrected chi connectivity index (χ2v) is 7.05. The number of hydrogen-bond acceptors (Lipinski definition) is 4. The van der Waals surface area contributed by atoms with Gasteiger partial charge in [-0.3, -0.25) is 4.79 Å². The Labute approximate surface area is 142 Å². The van der Waals surface area contributed by atoms with Gasteiger partial charge in [-0.1, -0.05) is 12.1 Å². The molecule has 1 N–H and O–H groups in total. The summed E-state index contributed by atoms with van der Waals surface area (Å²) < 4.78 is 19.4. The van der Waals surface area contributed by atoms with Crippen molar-refractivity contribution in [2.45, 2.75) is 31.4 Å². The molecule has 3 rings (SSSR count). The number of carbonyl (C=O) groups excluding carboxylic acids is 1. The minimum Gasteiger partial charge on any atom is -0.394 e. The van der Waals surface area contributed by atoms with Crippen molar-refractivity contribution >= 4 is 11.6 Å². The third-order valence-electron chi connectivity index (χ3n) is 5.38. The summed E-state index contributed by atoms with van der Waals surface area (Å²) in [4.78, 5) is 16.7. The lowest BCUT2D eigenvalue weighted by molar-refractivity contribution is -0.140. The Kier molecular flexibility index (Phi) is 4.78. The van der Waals surface area contributed by atoms with Gasteiger partial charge in [0.1, 0.15) is 5.82 Å². The van der Waals surface area contributed by atoms with E-state index in [0.29, 0.717) is 38.2 Å². The summed E-state index contributed by atoms with van der Waals surface area (Å²) in [5, 5.41) is 9.76. The number of nitrogens with zero attached hydrogens (tertiary/aromatic N) is 2. The number of methoxy groups -OCH3 is 1. The van der Waals surface area contributed by atoms with Crippen molar-refractivity contribution in [1.29, 1.82) is 0 Å². The fourth-order valence-corrected chi connectivity index (χ4v) is 3.86. The van der Waals surface area contributed by atoms with E-state index in [9.17, 15) is 14.3 Å². The van der Waals surface area contributed by atoms with Gasteiger partial charge in [-0.2, -0.15) is 0 Å². The highest BCUT2D eigenvalue weighted by molar-refractivity contribution is 5.81. The summed E-state index contributed by atoms with van der Waals surface area (Å²) >= 11 is 0. The molecule has 1 aromatic rings. The van der Waals surface area contributed by atoms with Crippen molar-refractivity contribution in [2.24, 2.45) is 5.92 Å². The van der Waals surface area contributed by atoms with E-state index >= 15 is 0 Å². The van der Waals surface area contributed by atoms with Crippen molar-refractivity contribution in [1.82, 2.24) is 4.90 Å². The molecule has 3 unspecified atom stereocenters. The molecule has 2 saturated heterocycles. The highest BCUT2D eigenvalue weighted by Crippen LogP contribution is 2.34. The first-order valence-electron chi connectivity index (χ1n) is 8.43. The Balaban J connectivity index is 1.71. The normalized spacial score (nSPS) is 30.2. The number of aliphatic hydroxyl groups excluding tert-OH is 1. The Morgan fingerprint density at radius 3 is 2.83 bits per heavy atom. The maximum absolute atomic E-state index is 14.0. The van der Waals surface area contributed by atoms with Gasteiger partial charge in [0.15, 0.2) is 0 Å². The van der Waals surface area contributed by atoms with Crippen LogP contribution in [-0.2, 0) is 9.53 Å². The van der Waals surface area contributed by atoms with Crippen LogP contribution in [0.5, 0.6) is 0 Å². The third-order valence-corrected chi connectivity index (χ3v) is 5.38. The van der Waals surface area contributed by atoms with E-state index in [4.69, 9.17) is 4.74 Å². The minimum absolute atomic E-state index is 0.0324. The summed E-state index contributed by atoms with van der Waals surface area (Å²) in [7, 11) is 1.63.